The van der Waals surface area contributed by atoms with Gasteiger partial charge < -0.3 is 14.5 Å². The Morgan fingerprint density at radius 2 is 1.71 bits per heavy atom. The highest BCUT2D eigenvalue weighted by Crippen LogP contribution is 2.27. The van der Waals surface area contributed by atoms with Gasteiger partial charge in [-0.05, 0) is 51.7 Å². The largest absolute Gasteiger partial charge is 0.381 e. The molecule has 3 fully saturated rings. The molecule has 0 saturated carbocycles. The van der Waals surface area contributed by atoms with Crippen LogP contribution in [0, 0.1) is 11.8 Å². The predicted octanol–water partition coefficient (Wildman–Crippen LogP) is 1.68. The highest BCUT2D eigenvalue weighted by atomic mass is 16.5. The van der Waals surface area contributed by atoms with Crippen LogP contribution in [0.25, 0.3) is 0 Å². The Hall–Kier alpha value is -0.650. The molecule has 1 amide bonds. The molecule has 138 valence electrons. The van der Waals surface area contributed by atoms with Gasteiger partial charge in [0.05, 0.1) is 0 Å². The van der Waals surface area contributed by atoms with Crippen LogP contribution in [0.1, 0.15) is 39.5 Å². The van der Waals surface area contributed by atoms with E-state index in [4.69, 9.17) is 4.74 Å². The molecule has 0 aromatic rings. The molecule has 3 aliphatic heterocycles. The summed E-state index contributed by atoms with van der Waals surface area (Å²) in [6.07, 6.45) is 4.36. The summed E-state index contributed by atoms with van der Waals surface area (Å²) in [5, 5.41) is 0. The molecule has 0 radical (unpaired) electrons. The molecule has 0 aromatic heterocycles. The Morgan fingerprint density at radius 1 is 1.08 bits per heavy atom. The average Bonchev–Trinajstić information content (AvgIpc) is 2.53. The zero-order valence-corrected chi connectivity index (χ0v) is 15.7. The molecule has 0 aromatic carbocycles. The fraction of sp³-hybridized carbons (Fsp3) is 0.947. The second kappa shape index (κ2) is 8.15. The summed E-state index contributed by atoms with van der Waals surface area (Å²) in [6.45, 7) is 11.6. The zero-order valence-electron chi connectivity index (χ0n) is 15.7. The lowest BCUT2D eigenvalue weighted by Crippen LogP contribution is -2.65. The Balaban J connectivity index is 1.52. The van der Waals surface area contributed by atoms with E-state index in [0.717, 1.165) is 39.1 Å². The number of hydrogen-bond acceptors (Lipinski definition) is 4. The quantitative estimate of drug-likeness (QED) is 0.765. The highest BCUT2D eigenvalue weighted by Gasteiger charge is 2.40. The van der Waals surface area contributed by atoms with Crippen LogP contribution in [0.5, 0.6) is 0 Å². The third-order valence-electron chi connectivity index (χ3n) is 5.95. The minimum atomic E-state index is 0.210. The van der Waals surface area contributed by atoms with E-state index in [1.165, 1.54) is 32.5 Å². The van der Waals surface area contributed by atoms with Crippen molar-refractivity contribution < 1.29 is 9.53 Å². The number of carbonyl (C=O) groups excluding carboxylic acids is 1. The molecule has 0 spiro atoms. The van der Waals surface area contributed by atoms with Gasteiger partial charge in [0.2, 0.25) is 5.91 Å². The third kappa shape index (κ3) is 4.30. The van der Waals surface area contributed by atoms with Crippen molar-refractivity contribution in [2.45, 2.75) is 51.6 Å². The fourth-order valence-corrected chi connectivity index (χ4v) is 4.39. The molecule has 5 nitrogen and oxygen atoms in total. The number of hydrogen-bond donors (Lipinski definition) is 0. The predicted molar refractivity (Wildman–Crippen MR) is 96.0 cm³/mol. The van der Waals surface area contributed by atoms with Crippen LogP contribution in [-0.4, -0.2) is 85.7 Å². The van der Waals surface area contributed by atoms with E-state index < -0.39 is 0 Å². The van der Waals surface area contributed by atoms with Gasteiger partial charge in [0.15, 0.2) is 0 Å². The lowest BCUT2D eigenvalue weighted by Gasteiger charge is -2.51. The molecule has 0 unspecified atom stereocenters. The van der Waals surface area contributed by atoms with Crippen LogP contribution in [0.3, 0.4) is 0 Å². The van der Waals surface area contributed by atoms with Crippen LogP contribution in [-0.2, 0) is 9.53 Å². The molecule has 3 saturated heterocycles. The minimum Gasteiger partial charge on any atom is -0.381 e. The van der Waals surface area contributed by atoms with Crippen LogP contribution in [0.15, 0.2) is 0 Å². The number of nitrogens with zero attached hydrogens (tertiary/aromatic N) is 3. The van der Waals surface area contributed by atoms with Crippen molar-refractivity contribution in [1.29, 1.82) is 0 Å². The van der Waals surface area contributed by atoms with Crippen molar-refractivity contribution in [3.63, 3.8) is 0 Å². The Labute approximate surface area is 147 Å². The van der Waals surface area contributed by atoms with Crippen molar-refractivity contribution in [3.05, 3.63) is 0 Å². The molecular formula is C19H35N3O2. The summed E-state index contributed by atoms with van der Waals surface area (Å²) in [6, 6.07) is 1.28. The van der Waals surface area contributed by atoms with Gasteiger partial charge in [-0.15, -0.1) is 0 Å². The van der Waals surface area contributed by atoms with Crippen molar-refractivity contribution in [1.82, 2.24) is 14.7 Å². The van der Waals surface area contributed by atoms with Gasteiger partial charge in [0.1, 0.15) is 0 Å². The lowest BCUT2D eigenvalue weighted by molar-refractivity contribution is -0.147. The van der Waals surface area contributed by atoms with Crippen LogP contribution >= 0.6 is 0 Å². The first-order valence-corrected chi connectivity index (χ1v) is 9.85. The second-order valence-electron chi connectivity index (χ2n) is 8.41. The van der Waals surface area contributed by atoms with E-state index in [1.807, 2.05) is 0 Å². The van der Waals surface area contributed by atoms with Gasteiger partial charge in [-0.2, -0.15) is 0 Å². The maximum Gasteiger partial charge on any atom is 0.225 e. The average molecular weight is 338 g/mol. The lowest BCUT2D eigenvalue weighted by atomic mass is 9.93. The molecule has 0 bridgehead atoms. The molecule has 3 aliphatic rings. The maximum absolute atomic E-state index is 12.6. The Bertz CT molecular complexity index is 409. The normalized spacial score (nSPS) is 25.5. The molecule has 0 aliphatic carbocycles. The maximum atomic E-state index is 12.6. The van der Waals surface area contributed by atoms with E-state index in [1.54, 1.807) is 0 Å². The molecule has 0 N–H and O–H groups in total. The smallest absolute Gasteiger partial charge is 0.225 e. The van der Waals surface area contributed by atoms with Crippen LogP contribution in [0.2, 0.25) is 0 Å². The molecule has 5 heteroatoms. The summed E-state index contributed by atoms with van der Waals surface area (Å²) in [5.74, 6) is 1.27. The number of carbonyl (C=O) groups is 1. The monoisotopic (exact) mass is 337 g/mol. The van der Waals surface area contributed by atoms with Gasteiger partial charge in [-0.1, -0.05) is 13.8 Å². The number of piperidine rings is 1. The zero-order chi connectivity index (χ0) is 17.1. The first kappa shape index (κ1) is 18.2. The fourth-order valence-electron chi connectivity index (χ4n) is 4.39. The molecular weight excluding hydrogens is 302 g/mol. The second-order valence-corrected chi connectivity index (χ2v) is 8.41. The highest BCUT2D eigenvalue weighted by molar-refractivity contribution is 5.79. The summed E-state index contributed by atoms with van der Waals surface area (Å²) in [5.41, 5.74) is 0. The van der Waals surface area contributed by atoms with E-state index in [2.05, 4.69) is 35.6 Å². The Kier molecular flexibility index (Phi) is 6.17. The van der Waals surface area contributed by atoms with Crippen molar-refractivity contribution in [3.8, 4) is 0 Å². The van der Waals surface area contributed by atoms with Crippen molar-refractivity contribution in [2.75, 3.05) is 53.0 Å². The van der Waals surface area contributed by atoms with Gasteiger partial charge in [-0.25, -0.2) is 0 Å². The number of rotatable bonds is 5. The third-order valence-corrected chi connectivity index (χ3v) is 5.95. The first-order chi connectivity index (χ1) is 11.5. The molecule has 3 heterocycles. The summed E-state index contributed by atoms with van der Waals surface area (Å²) in [7, 11) is 2.22. The standard InChI is InChI=1S/C19H35N3O2/c1-15(2)12-22(17-4-8-20(3)9-5-17)18-13-21(14-18)19(23)16-6-10-24-11-7-16/h15-18H,4-14H2,1-3H3. The minimum absolute atomic E-state index is 0.210. The van der Waals surface area contributed by atoms with E-state index >= 15 is 0 Å². The van der Waals surface area contributed by atoms with E-state index in [-0.39, 0.29) is 5.92 Å². The summed E-state index contributed by atoms with van der Waals surface area (Å²) in [4.78, 5) is 19.9. The topological polar surface area (TPSA) is 36.0 Å². The van der Waals surface area contributed by atoms with Gasteiger partial charge in [0, 0.05) is 50.8 Å². The van der Waals surface area contributed by atoms with Crippen LogP contribution in [0.4, 0.5) is 0 Å². The van der Waals surface area contributed by atoms with E-state index in [9.17, 15) is 4.79 Å². The summed E-state index contributed by atoms with van der Waals surface area (Å²) >= 11 is 0. The SMILES string of the molecule is CC(C)CN(C1CCN(C)CC1)C1CN(C(=O)C2CCOCC2)C1. The molecule has 24 heavy (non-hydrogen) atoms. The number of amides is 1. The van der Waals surface area contributed by atoms with Crippen LogP contribution < -0.4 is 0 Å². The number of likely N-dealkylation sites (tertiary alicyclic amines) is 2. The number of ether oxygens (including phenoxy) is 1. The molecule has 3 rings (SSSR count). The van der Waals surface area contributed by atoms with Gasteiger partial charge >= 0.3 is 0 Å². The summed E-state index contributed by atoms with van der Waals surface area (Å²) < 4.78 is 5.39. The Morgan fingerprint density at radius 3 is 2.29 bits per heavy atom. The van der Waals surface area contributed by atoms with Crippen molar-refractivity contribution in [2.24, 2.45) is 11.8 Å². The van der Waals surface area contributed by atoms with Gasteiger partial charge in [-0.3, -0.25) is 9.69 Å². The first-order valence-electron chi connectivity index (χ1n) is 9.85. The van der Waals surface area contributed by atoms with E-state index in [0.29, 0.717) is 23.9 Å². The van der Waals surface area contributed by atoms with Gasteiger partial charge in [0.25, 0.3) is 0 Å². The molecule has 0 atom stereocenters. The van der Waals surface area contributed by atoms with Crippen molar-refractivity contribution >= 4 is 5.91 Å².